The van der Waals surface area contributed by atoms with E-state index in [0.717, 1.165) is 0 Å². The maximum Gasteiger partial charge on any atom is 0.341 e. The lowest BCUT2D eigenvalue weighted by atomic mass is 10.2. The molecule has 0 radical (unpaired) electrons. The number of nitrogens with one attached hydrogen (secondary N) is 1. The first-order valence-electron chi connectivity index (χ1n) is 4.56. The van der Waals surface area contributed by atoms with Crippen molar-refractivity contribution in [3.8, 4) is 0 Å². The van der Waals surface area contributed by atoms with E-state index >= 15 is 0 Å². The van der Waals surface area contributed by atoms with E-state index in [1.807, 2.05) is 0 Å². The summed E-state index contributed by atoms with van der Waals surface area (Å²) in [7, 11) is 0. The van der Waals surface area contributed by atoms with Crippen LogP contribution in [-0.4, -0.2) is 28.3 Å². The third-order valence-corrected chi connectivity index (χ3v) is 2.00. The molecule has 1 aromatic heterocycles. The van der Waals surface area contributed by atoms with Crippen LogP contribution in [0.5, 0.6) is 0 Å². The molecule has 0 aliphatic rings. The van der Waals surface area contributed by atoms with Gasteiger partial charge in [-0.2, -0.15) is 5.10 Å². The number of ether oxygens (including phenoxy) is 1. The van der Waals surface area contributed by atoms with E-state index in [1.165, 1.54) is 4.68 Å². The molecule has 0 atom stereocenters. The van der Waals surface area contributed by atoms with E-state index in [2.05, 4.69) is 5.10 Å². The molecular formula is C9H15ClN4O2. The molecule has 0 spiro atoms. The fraction of sp³-hybridized carbons (Fsp3) is 0.444. The van der Waals surface area contributed by atoms with Gasteiger partial charge in [0.1, 0.15) is 5.56 Å². The summed E-state index contributed by atoms with van der Waals surface area (Å²) in [5.41, 5.74) is 6.73. The van der Waals surface area contributed by atoms with Crippen LogP contribution in [0.25, 0.3) is 0 Å². The van der Waals surface area contributed by atoms with Crippen molar-refractivity contribution < 1.29 is 9.53 Å². The van der Waals surface area contributed by atoms with Crippen LogP contribution in [0.15, 0.2) is 0 Å². The lowest BCUT2D eigenvalue weighted by Gasteiger charge is -2.02. The number of halogens is 1. The number of hydrogen-bond donors (Lipinski definition) is 2. The highest BCUT2D eigenvalue weighted by atomic mass is 35.5. The molecule has 0 bridgehead atoms. The van der Waals surface area contributed by atoms with E-state index in [0.29, 0.717) is 23.6 Å². The quantitative estimate of drug-likeness (QED) is 0.459. The van der Waals surface area contributed by atoms with Crippen LogP contribution >= 0.6 is 12.4 Å². The number of carbonyl (C=O) groups is 1. The maximum atomic E-state index is 11.5. The number of hydrogen-bond acceptors (Lipinski definition) is 4. The molecule has 1 heterocycles. The monoisotopic (exact) mass is 246 g/mol. The molecule has 0 saturated heterocycles. The third-order valence-electron chi connectivity index (χ3n) is 2.00. The van der Waals surface area contributed by atoms with E-state index in [-0.39, 0.29) is 18.4 Å². The predicted octanol–water partition coefficient (Wildman–Crippen LogP) is 0.840. The van der Waals surface area contributed by atoms with E-state index in [1.54, 1.807) is 20.8 Å². The minimum atomic E-state index is -0.431. The summed E-state index contributed by atoms with van der Waals surface area (Å²) < 4.78 is 6.09. The van der Waals surface area contributed by atoms with Crippen molar-refractivity contribution in [2.45, 2.75) is 20.8 Å². The molecule has 1 aromatic rings. The first-order chi connectivity index (χ1) is 6.99. The van der Waals surface area contributed by atoms with Crippen molar-refractivity contribution >= 4 is 24.3 Å². The standard InChI is InChI=1S/C9H14N4O2.ClH/c1-4-15-8(14)7-5(2)12-13(6(7)3)9(10)11;/h4H2,1-3H3,(H3,10,11);1H. The Morgan fingerprint density at radius 1 is 1.56 bits per heavy atom. The van der Waals surface area contributed by atoms with E-state index in [9.17, 15) is 4.79 Å². The molecule has 1 rings (SSSR count). The van der Waals surface area contributed by atoms with Crippen molar-refractivity contribution in [1.29, 1.82) is 5.41 Å². The molecule has 0 saturated carbocycles. The average molecular weight is 247 g/mol. The number of nitrogens with zero attached hydrogens (tertiary/aromatic N) is 2. The van der Waals surface area contributed by atoms with Crippen LogP contribution in [0.3, 0.4) is 0 Å². The molecule has 16 heavy (non-hydrogen) atoms. The first kappa shape index (κ1) is 14.4. The Morgan fingerprint density at radius 2 is 2.12 bits per heavy atom. The Bertz CT molecular complexity index is 414. The van der Waals surface area contributed by atoms with Crippen LogP contribution in [-0.2, 0) is 4.74 Å². The van der Waals surface area contributed by atoms with Crippen molar-refractivity contribution in [1.82, 2.24) is 9.78 Å². The molecule has 0 aliphatic carbocycles. The Balaban J connectivity index is 0.00000225. The van der Waals surface area contributed by atoms with Gasteiger partial charge in [0, 0.05) is 0 Å². The van der Waals surface area contributed by atoms with Crippen molar-refractivity contribution in [3.63, 3.8) is 0 Å². The predicted molar refractivity (Wildman–Crippen MR) is 62.2 cm³/mol. The van der Waals surface area contributed by atoms with E-state index < -0.39 is 5.97 Å². The second-order valence-corrected chi connectivity index (χ2v) is 3.06. The topological polar surface area (TPSA) is 94.0 Å². The van der Waals surface area contributed by atoms with Crippen LogP contribution in [0.4, 0.5) is 0 Å². The largest absolute Gasteiger partial charge is 0.462 e. The van der Waals surface area contributed by atoms with E-state index in [4.69, 9.17) is 15.9 Å². The Kier molecular flexibility index (Phi) is 4.97. The summed E-state index contributed by atoms with van der Waals surface area (Å²) in [6, 6.07) is 0. The number of rotatable bonds is 2. The number of carbonyl (C=O) groups excluding carboxylic acids is 1. The first-order valence-corrected chi connectivity index (χ1v) is 4.56. The van der Waals surface area contributed by atoms with Gasteiger partial charge in [0.25, 0.3) is 0 Å². The second-order valence-electron chi connectivity index (χ2n) is 3.06. The fourth-order valence-corrected chi connectivity index (χ4v) is 1.38. The fourth-order valence-electron chi connectivity index (χ4n) is 1.38. The molecule has 0 amide bonds. The van der Waals surface area contributed by atoms with Gasteiger partial charge in [-0.15, -0.1) is 12.4 Å². The Hall–Kier alpha value is -1.56. The molecule has 6 nitrogen and oxygen atoms in total. The summed E-state index contributed by atoms with van der Waals surface area (Å²) in [6.07, 6.45) is 0. The normalized spacial score (nSPS) is 9.44. The second kappa shape index (κ2) is 5.50. The number of nitrogen functional groups attached to an aromatic ring is 1. The maximum absolute atomic E-state index is 11.5. The SMILES string of the molecule is CCOC(=O)c1c(C)nn(C(=N)N)c1C.Cl. The van der Waals surface area contributed by atoms with Crippen LogP contribution in [0.1, 0.15) is 28.7 Å². The minimum Gasteiger partial charge on any atom is -0.462 e. The highest BCUT2D eigenvalue weighted by molar-refractivity contribution is 5.93. The van der Waals surface area contributed by atoms with Gasteiger partial charge >= 0.3 is 5.97 Å². The van der Waals surface area contributed by atoms with Gasteiger partial charge in [-0.25, -0.2) is 9.48 Å². The molecule has 90 valence electrons. The number of esters is 1. The highest BCUT2D eigenvalue weighted by Gasteiger charge is 2.20. The number of aryl methyl sites for hydroxylation is 1. The van der Waals surface area contributed by atoms with Gasteiger partial charge in [0.2, 0.25) is 5.96 Å². The molecule has 0 unspecified atom stereocenters. The van der Waals surface area contributed by atoms with Gasteiger partial charge in [0.05, 0.1) is 18.0 Å². The molecule has 0 aromatic carbocycles. The Labute approximate surface area is 99.7 Å². The molecule has 3 N–H and O–H groups in total. The van der Waals surface area contributed by atoms with Crippen LogP contribution in [0.2, 0.25) is 0 Å². The molecular weight excluding hydrogens is 232 g/mol. The van der Waals surface area contributed by atoms with Crippen LogP contribution in [0, 0.1) is 19.3 Å². The molecule has 7 heteroatoms. The minimum absolute atomic E-state index is 0. The Morgan fingerprint density at radius 3 is 2.50 bits per heavy atom. The van der Waals surface area contributed by atoms with Gasteiger partial charge in [0.15, 0.2) is 0 Å². The van der Waals surface area contributed by atoms with Crippen molar-refractivity contribution in [3.05, 3.63) is 17.0 Å². The van der Waals surface area contributed by atoms with Gasteiger partial charge in [-0.05, 0) is 20.8 Å². The lowest BCUT2D eigenvalue weighted by Crippen LogP contribution is -2.23. The summed E-state index contributed by atoms with van der Waals surface area (Å²) in [5, 5.41) is 11.2. The zero-order valence-electron chi connectivity index (χ0n) is 9.40. The smallest absolute Gasteiger partial charge is 0.341 e. The van der Waals surface area contributed by atoms with Crippen molar-refractivity contribution in [2.75, 3.05) is 6.61 Å². The number of nitrogens with two attached hydrogens (primary N) is 1. The van der Waals surface area contributed by atoms with Crippen molar-refractivity contribution in [2.24, 2.45) is 5.73 Å². The third kappa shape index (κ3) is 2.52. The summed E-state index contributed by atoms with van der Waals surface area (Å²) in [4.78, 5) is 11.5. The molecule has 0 aliphatic heterocycles. The van der Waals surface area contributed by atoms with Gasteiger partial charge < -0.3 is 10.5 Å². The zero-order valence-corrected chi connectivity index (χ0v) is 10.2. The zero-order chi connectivity index (χ0) is 11.6. The number of aromatic nitrogens is 2. The highest BCUT2D eigenvalue weighted by Crippen LogP contribution is 2.13. The average Bonchev–Trinajstić information content (AvgIpc) is 2.42. The summed E-state index contributed by atoms with van der Waals surface area (Å²) >= 11 is 0. The summed E-state index contributed by atoms with van der Waals surface area (Å²) in [5.74, 6) is -0.647. The van der Waals surface area contributed by atoms with Crippen LogP contribution < -0.4 is 5.73 Å². The lowest BCUT2D eigenvalue weighted by molar-refractivity contribution is 0.0524. The van der Waals surface area contributed by atoms with Gasteiger partial charge in [-0.3, -0.25) is 5.41 Å². The molecule has 0 fully saturated rings. The summed E-state index contributed by atoms with van der Waals surface area (Å²) in [6.45, 7) is 5.40. The van der Waals surface area contributed by atoms with Gasteiger partial charge in [-0.1, -0.05) is 0 Å².